The first-order chi connectivity index (χ1) is 21.1. The number of carbonyl (C=O) groups is 2. The van der Waals surface area contributed by atoms with Crippen LogP contribution in [0.15, 0.2) is 114 Å². The molecule has 4 aromatic rings. The van der Waals surface area contributed by atoms with E-state index in [1.807, 2.05) is 50.2 Å². The molecular weight excluding hydrogens is 598 g/mol. The van der Waals surface area contributed by atoms with Gasteiger partial charge < -0.3 is 15.0 Å². The monoisotopic (exact) mass is 633 g/mol. The molecule has 0 aliphatic rings. The lowest BCUT2D eigenvalue weighted by atomic mass is 10.0. The van der Waals surface area contributed by atoms with Crippen LogP contribution < -0.4 is 14.4 Å². The number of anilines is 1. The van der Waals surface area contributed by atoms with Crippen molar-refractivity contribution in [2.45, 2.75) is 43.8 Å². The van der Waals surface area contributed by atoms with E-state index in [9.17, 15) is 18.0 Å². The number of benzene rings is 4. The molecule has 4 aromatic carbocycles. The van der Waals surface area contributed by atoms with Crippen LogP contribution in [-0.4, -0.2) is 50.9 Å². The van der Waals surface area contributed by atoms with Gasteiger partial charge in [0, 0.05) is 24.0 Å². The molecule has 0 spiro atoms. The third-order valence-electron chi connectivity index (χ3n) is 6.90. The number of amides is 2. The number of rotatable bonds is 13. The molecule has 0 bridgehead atoms. The third kappa shape index (κ3) is 8.39. The maximum Gasteiger partial charge on any atom is 0.264 e. The second-order valence-corrected chi connectivity index (χ2v) is 12.8. The van der Waals surface area contributed by atoms with Crippen molar-refractivity contribution in [3.63, 3.8) is 0 Å². The standard InChI is InChI=1S/C34H36ClN3O5S/c1-25(2)36-34(40)32(21-26-12-6-4-7-13-26)37(23-27-14-10-17-30(20-27)43-3)33(39)24-38(29-16-11-15-28(35)22-29)44(41,42)31-18-8-5-9-19-31/h4-20,22,25,32H,21,23-24H2,1-3H3,(H,36,40)/t32-/m1/s1. The zero-order valence-corrected chi connectivity index (χ0v) is 26.5. The lowest BCUT2D eigenvalue weighted by Crippen LogP contribution is -2.54. The number of ether oxygens (including phenoxy) is 1. The maximum atomic E-state index is 14.4. The molecule has 8 nitrogen and oxygen atoms in total. The van der Waals surface area contributed by atoms with Gasteiger partial charge in [-0.1, -0.05) is 78.3 Å². The number of carbonyl (C=O) groups excluding carboxylic acids is 2. The Morgan fingerprint density at radius 1 is 0.841 bits per heavy atom. The summed E-state index contributed by atoms with van der Waals surface area (Å²) in [7, 11) is -2.65. The van der Waals surface area contributed by atoms with Gasteiger partial charge in [0.15, 0.2) is 0 Å². The predicted octanol–water partition coefficient (Wildman–Crippen LogP) is 5.71. The normalized spacial score (nSPS) is 11.9. The number of halogens is 1. The molecule has 0 saturated carbocycles. The van der Waals surface area contributed by atoms with Crippen molar-refractivity contribution in [3.05, 3.63) is 125 Å². The summed E-state index contributed by atoms with van der Waals surface area (Å²) >= 11 is 6.27. The van der Waals surface area contributed by atoms with Gasteiger partial charge in [-0.2, -0.15) is 0 Å². The van der Waals surface area contributed by atoms with Crippen LogP contribution in [0.5, 0.6) is 5.75 Å². The first-order valence-electron chi connectivity index (χ1n) is 14.2. The van der Waals surface area contributed by atoms with Crippen LogP contribution in [-0.2, 0) is 32.6 Å². The second kappa shape index (κ2) is 14.9. The highest BCUT2D eigenvalue weighted by atomic mass is 35.5. The molecule has 44 heavy (non-hydrogen) atoms. The Labute approximate surface area is 264 Å². The van der Waals surface area contributed by atoms with Crippen molar-refractivity contribution in [1.82, 2.24) is 10.2 Å². The average molecular weight is 634 g/mol. The van der Waals surface area contributed by atoms with Crippen LogP contribution in [0.1, 0.15) is 25.0 Å². The van der Waals surface area contributed by atoms with E-state index in [-0.39, 0.29) is 35.5 Å². The summed E-state index contributed by atoms with van der Waals surface area (Å²) in [6.07, 6.45) is 0.220. The number of hydrogen-bond acceptors (Lipinski definition) is 5. The smallest absolute Gasteiger partial charge is 0.264 e. The lowest BCUT2D eigenvalue weighted by Gasteiger charge is -2.34. The van der Waals surface area contributed by atoms with E-state index in [1.165, 1.54) is 23.1 Å². The van der Waals surface area contributed by atoms with Gasteiger partial charge in [0.05, 0.1) is 17.7 Å². The molecule has 0 unspecified atom stereocenters. The van der Waals surface area contributed by atoms with Crippen molar-refractivity contribution >= 4 is 39.1 Å². The first-order valence-corrected chi connectivity index (χ1v) is 16.0. The number of nitrogens with zero attached hydrogens (tertiary/aromatic N) is 2. The molecule has 230 valence electrons. The molecule has 0 aromatic heterocycles. The second-order valence-electron chi connectivity index (χ2n) is 10.5. The molecule has 4 rings (SSSR count). The summed E-state index contributed by atoms with van der Waals surface area (Å²) in [5.74, 6) is -0.319. The fraction of sp³-hybridized carbons (Fsp3) is 0.235. The lowest BCUT2D eigenvalue weighted by molar-refractivity contribution is -0.140. The SMILES string of the molecule is COc1cccc(CN(C(=O)CN(c2cccc(Cl)c2)S(=O)(=O)c2ccccc2)[C@H](Cc2ccccc2)C(=O)NC(C)C)c1. The summed E-state index contributed by atoms with van der Waals surface area (Å²) in [6.45, 7) is 3.16. The van der Waals surface area contributed by atoms with Gasteiger partial charge in [-0.25, -0.2) is 8.42 Å². The molecule has 1 N–H and O–H groups in total. The van der Waals surface area contributed by atoms with Gasteiger partial charge in [-0.3, -0.25) is 13.9 Å². The minimum Gasteiger partial charge on any atom is -0.497 e. The highest BCUT2D eigenvalue weighted by Gasteiger charge is 2.35. The van der Waals surface area contributed by atoms with Crippen LogP contribution >= 0.6 is 11.6 Å². The van der Waals surface area contributed by atoms with Crippen molar-refractivity contribution in [1.29, 1.82) is 0 Å². The zero-order chi connectivity index (χ0) is 31.7. The van der Waals surface area contributed by atoms with Crippen LogP contribution in [0.25, 0.3) is 0 Å². The van der Waals surface area contributed by atoms with Crippen LogP contribution in [0, 0.1) is 0 Å². The molecule has 10 heteroatoms. The van der Waals surface area contributed by atoms with Gasteiger partial charge in [-0.05, 0) is 67.4 Å². The summed E-state index contributed by atoms with van der Waals surface area (Å²) in [6, 6.07) is 29.7. The van der Waals surface area contributed by atoms with Crippen LogP contribution in [0.4, 0.5) is 5.69 Å². The predicted molar refractivity (Wildman–Crippen MR) is 173 cm³/mol. The van der Waals surface area contributed by atoms with Crippen molar-refractivity contribution in [2.24, 2.45) is 0 Å². The van der Waals surface area contributed by atoms with E-state index in [4.69, 9.17) is 16.3 Å². The Balaban J connectivity index is 1.81. The maximum absolute atomic E-state index is 14.4. The Morgan fingerprint density at radius 2 is 1.48 bits per heavy atom. The molecule has 0 heterocycles. The summed E-state index contributed by atoms with van der Waals surface area (Å²) in [4.78, 5) is 29.7. The topological polar surface area (TPSA) is 96.0 Å². The van der Waals surface area contributed by atoms with E-state index in [2.05, 4.69) is 5.32 Å². The zero-order valence-electron chi connectivity index (χ0n) is 24.9. The van der Waals surface area contributed by atoms with Crippen molar-refractivity contribution < 1.29 is 22.7 Å². The largest absolute Gasteiger partial charge is 0.497 e. The van der Waals surface area contributed by atoms with Gasteiger partial charge in [0.25, 0.3) is 10.0 Å². The van der Waals surface area contributed by atoms with E-state index in [1.54, 1.807) is 61.7 Å². The Bertz CT molecular complexity index is 1670. The minimum absolute atomic E-state index is 0.0190. The van der Waals surface area contributed by atoms with Gasteiger partial charge in [-0.15, -0.1) is 0 Å². The molecule has 0 aliphatic carbocycles. The molecule has 2 amide bonds. The summed E-state index contributed by atoms with van der Waals surface area (Å²) in [5.41, 5.74) is 1.79. The first kappa shape index (κ1) is 32.6. The van der Waals surface area contributed by atoms with E-state index < -0.39 is 28.5 Å². The molecule has 1 atom stereocenters. The highest BCUT2D eigenvalue weighted by Crippen LogP contribution is 2.27. The Morgan fingerprint density at radius 3 is 2.11 bits per heavy atom. The number of nitrogens with one attached hydrogen (secondary N) is 1. The summed E-state index contributed by atoms with van der Waals surface area (Å²) < 4.78 is 34.4. The number of hydrogen-bond donors (Lipinski definition) is 1. The molecular formula is C34H36ClN3O5S. The highest BCUT2D eigenvalue weighted by molar-refractivity contribution is 7.92. The average Bonchev–Trinajstić information content (AvgIpc) is 3.02. The summed E-state index contributed by atoms with van der Waals surface area (Å²) in [5, 5.41) is 3.26. The van der Waals surface area contributed by atoms with Gasteiger partial charge in [0.2, 0.25) is 11.8 Å². The number of methoxy groups -OCH3 is 1. The van der Waals surface area contributed by atoms with E-state index in [0.717, 1.165) is 9.87 Å². The molecule has 0 saturated heterocycles. The van der Waals surface area contributed by atoms with E-state index >= 15 is 0 Å². The van der Waals surface area contributed by atoms with Gasteiger partial charge in [0.1, 0.15) is 18.3 Å². The van der Waals surface area contributed by atoms with Gasteiger partial charge >= 0.3 is 0 Å². The molecule has 0 fully saturated rings. The van der Waals surface area contributed by atoms with Crippen molar-refractivity contribution in [2.75, 3.05) is 18.0 Å². The fourth-order valence-corrected chi connectivity index (χ4v) is 6.39. The third-order valence-corrected chi connectivity index (χ3v) is 8.92. The number of sulfonamides is 1. The fourth-order valence-electron chi connectivity index (χ4n) is 4.78. The minimum atomic E-state index is -4.20. The van der Waals surface area contributed by atoms with Crippen LogP contribution in [0.2, 0.25) is 5.02 Å². The van der Waals surface area contributed by atoms with E-state index in [0.29, 0.717) is 16.3 Å². The molecule has 0 radical (unpaired) electrons. The molecule has 0 aliphatic heterocycles. The Hall–Kier alpha value is -4.34. The quantitative estimate of drug-likeness (QED) is 0.204. The van der Waals surface area contributed by atoms with Crippen LogP contribution in [0.3, 0.4) is 0 Å². The van der Waals surface area contributed by atoms with Crippen molar-refractivity contribution in [3.8, 4) is 5.75 Å². The Kier molecular flexibility index (Phi) is 11.0.